The zero-order valence-electron chi connectivity index (χ0n) is 19.9. The molecule has 0 aromatic carbocycles. The van der Waals surface area contributed by atoms with Crippen molar-refractivity contribution in [3.63, 3.8) is 0 Å². The molecule has 0 aromatic heterocycles. The number of hydrogen-bond acceptors (Lipinski definition) is 6. The van der Waals surface area contributed by atoms with E-state index in [1.54, 1.807) is 6.92 Å². The number of likely N-dealkylation sites (tertiary alicyclic amines) is 1. The molecule has 0 aliphatic carbocycles. The highest BCUT2D eigenvalue weighted by atomic mass is 16.4. The van der Waals surface area contributed by atoms with Crippen molar-refractivity contribution in [3.8, 4) is 0 Å². The van der Waals surface area contributed by atoms with Gasteiger partial charge in [-0.2, -0.15) is 0 Å². The Labute approximate surface area is 194 Å². The summed E-state index contributed by atoms with van der Waals surface area (Å²) in [4.78, 5) is 62.5. The lowest BCUT2D eigenvalue weighted by molar-refractivity contribution is -0.144. The van der Waals surface area contributed by atoms with Gasteiger partial charge >= 0.3 is 11.9 Å². The smallest absolute Gasteiger partial charge is 0.326 e. The summed E-state index contributed by atoms with van der Waals surface area (Å²) in [6.07, 6.45) is 1.62. The zero-order valence-corrected chi connectivity index (χ0v) is 19.9. The van der Waals surface area contributed by atoms with Gasteiger partial charge in [0, 0.05) is 13.0 Å². The summed E-state index contributed by atoms with van der Waals surface area (Å²) in [6.45, 7) is 7.78. The van der Waals surface area contributed by atoms with Crippen molar-refractivity contribution in [2.75, 3.05) is 6.54 Å². The summed E-state index contributed by atoms with van der Waals surface area (Å²) in [5.41, 5.74) is 6.08. The highest BCUT2D eigenvalue weighted by Crippen LogP contribution is 2.21. The molecule has 0 spiro atoms. The minimum absolute atomic E-state index is 0.0424. The number of nitrogens with two attached hydrogens (primary N) is 1. The molecule has 0 aromatic rings. The molecule has 1 aliphatic rings. The number of nitrogens with one attached hydrogen (secondary N) is 2. The lowest BCUT2D eigenvalue weighted by atomic mass is 9.96. The predicted octanol–water partition coefficient (Wildman–Crippen LogP) is 0.316. The monoisotopic (exact) mass is 470 g/mol. The van der Waals surface area contributed by atoms with Crippen LogP contribution in [0.5, 0.6) is 0 Å². The Morgan fingerprint density at radius 2 is 1.64 bits per heavy atom. The Bertz CT molecular complexity index is 730. The highest BCUT2D eigenvalue weighted by molar-refractivity contribution is 5.94. The summed E-state index contributed by atoms with van der Waals surface area (Å²) in [5, 5.41) is 23.2. The molecular formula is C22H38N4O7. The third-order valence-electron chi connectivity index (χ3n) is 6.44. The van der Waals surface area contributed by atoms with Gasteiger partial charge in [0.2, 0.25) is 17.7 Å². The number of carbonyl (C=O) groups is 5. The van der Waals surface area contributed by atoms with Crippen LogP contribution in [0.15, 0.2) is 0 Å². The van der Waals surface area contributed by atoms with Gasteiger partial charge < -0.3 is 31.5 Å². The number of amides is 3. The number of rotatable bonds is 13. The van der Waals surface area contributed by atoms with Crippen LogP contribution in [-0.4, -0.2) is 75.5 Å². The number of carbonyl (C=O) groups excluding carboxylic acids is 3. The molecule has 1 rings (SSSR count). The van der Waals surface area contributed by atoms with Gasteiger partial charge in [0.1, 0.15) is 18.1 Å². The summed E-state index contributed by atoms with van der Waals surface area (Å²) >= 11 is 0. The quantitative estimate of drug-likeness (QED) is 0.255. The molecule has 6 atom stereocenters. The summed E-state index contributed by atoms with van der Waals surface area (Å²) in [7, 11) is 0. The van der Waals surface area contributed by atoms with E-state index < -0.39 is 54.3 Å². The first-order chi connectivity index (χ1) is 15.4. The summed E-state index contributed by atoms with van der Waals surface area (Å²) < 4.78 is 0. The molecule has 33 heavy (non-hydrogen) atoms. The van der Waals surface area contributed by atoms with E-state index in [0.717, 1.165) is 6.42 Å². The van der Waals surface area contributed by atoms with Gasteiger partial charge in [-0.3, -0.25) is 19.2 Å². The first kappa shape index (κ1) is 28.3. The molecule has 1 fully saturated rings. The van der Waals surface area contributed by atoms with Crippen LogP contribution in [0.4, 0.5) is 0 Å². The first-order valence-electron chi connectivity index (χ1n) is 11.6. The number of aliphatic carboxylic acids is 2. The fourth-order valence-corrected chi connectivity index (χ4v) is 3.73. The molecular weight excluding hydrogens is 432 g/mol. The lowest BCUT2D eigenvalue weighted by Gasteiger charge is -2.31. The maximum Gasteiger partial charge on any atom is 0.326 e. The molecule has 3 amide bonds. The van der Waals surface area contributed by atoms with Gasteiger partial charge in [0.05, 0.1) is 6.04 Å². The second-order valence-electron chi connectivity index (χ2n) is 8.80. The maximum absolute atomic E-state index is 13.1. The molecule has 1 aliphatic heterocycles. The zero-order chi connectivity index (χ0) is 25.3. The minimum atomic E-state index is -1.39. The van der Waals surface area contributed by atoms with E-state index in [-0.39, 0.29) is 24.2 Å². The van der Waals surface area contributed by atoms with E-state index in [4.69, 9.17) is 10.8 Å². The Morgan fingerprint density at radius 3 is 2.15 bits per heavy atom. The van der Waals surface area contributed by atoms with E-state index in [9.17, 15) is 29.1 Å². The molecule has 11 nitrogen and oxygen atoms in total. The van der Waals surface area contributed by atoms with Crippen molar-refractivity contribution in [3.05, 3.63) is 0 Å². The molecule has 1 heterocycles. The molecule has 0 bridgehead atoms. The molecule has 6 unspecified atom stereocenters. The van der Waals surface area contributed by atoms with E-state index >= 15 is 0 Å². The number of nitrogens with zero attached hydrogens (tertiary/aromatic N) is 1. The fourth-order valence-electron chi connectivity index (χ4n) is 3.73. The van der Waals surface area contributed by atoms with Gasteiger partial charge in [0.15, 0.2) is 0 Å². The van der Waals surface area contributed by atoms with Gasteiger partial charge in [-0.1, -0.05) is 40.5 Å². The molecule has 0 saturated carbocycles. The average molecular weight is 471 g/mol. The van der Waals surface area contributed by atoms with Gasteiger partial charge in [-0.25, -0.2) is 4.79 Å². The average Bonchev–Trinajstić information content (AvgIpc) is 3.27. The van der Waals surface area contributed by atoms with Crippen LogP contribution in [0.1, 0.15) is 66.2 Å². The SMILES string of the molecule is CCC(C)C(N)C(=O)N1CCCC1C(=O)NC(C(=O)NC(CCC(=O)O)C(=O)O)C(C)CC. The fraction of sp³-hybridized carbons (Fsp3) is 0.773. The minimum Gasteiger partial charge on any atom is -0.481 e. The predicted molar refractivity (Wildman–Crippen MR) is 120 cm³/mol. The summed E-state index contributed by atoms with van der Waals surface area (Å²) in [5.74, 6) is -4.40. The van der Waals surface area contributed by atoms with Crippen LogP contribution in [0, 0.1) is 11.8 Å². The normalized spacial score (nSPS) is 20.3. The Balaban J connectivity index is 2.95. The number of carboxylic acids is 2. The van der Waals surface area contributed by atoms with Crippen molar-refractivity contribution in [1.29, 1.82) is 0 Å². The molecule has 1 saturated heterocycles. The largest absolute Gasteiger partial charge is 0.481 e. The lowest BCUT2D eigenvalue weighted by Crippen LogP contribution is -2.58. The van der Waals surface area contributed by atoms with Gasteiger partial charge in [-0.15, -0.1) is 0 Å². The highest BCUT2D eigenvalue weighted by Gasteiger charge is 2.39. The molecule has 0 radical (unpaired) electrons. The maximum atomic E-state index is 13.1. The van der Waals surface area contributed by atoms with E-state index in [1.807, 2.05) is 20.8 Å². The standard InChI is InChI=1S/C22H38N4O7/c1-5-12(3)17(23)21(31)26-11-7-8-15(26)19(29)25-18(13(4)6-2)20(30)24-14(22(32)33)9-10-16(27)28/h12-15,17-18H,5-11,23H2,1-4H3,(H,24,30)(H,25,29)(H,27,28)(H,32,33). The van der Waals surface area contributed by atoms with Crippen molar-refractivity contribution < 1.29 is 34.2 Å². The second kappa shape index (κ2) is 13.1. The Kier molecular flexibility index (Phi) is 11.3. The number of hydrogen-bond donors (Lipinski definition) is 5. The van der Waals surface area contributed by atoms with Crippen molar-refractivity contribution in [1.82, 2.24) is 15.5 Å². The Hall–Kier alpha value is -2.69. The van der Waals surface area contributed by atoms with Crippen LogP contribution >= 0.6 is 0 Å². The third-order valence-corrected chi connectivity index (χ3v) is 6.44. The van der Waals surface area contributed by atoms with Crippen LogP contribution in [0.2, 0.25) is 0 Å². The van der Waals surface area contributed by atoms with Crippen LogP contribution in [0.3, 0.4) is 0 Å². The first-order valence-corrected chi connectivity index (χ1v) is 11.6. The number of carboxylic acid groups (broad SMARTS) is 2. The van der Waals surface area contributed by atoms with E-state index in [1.165, 1.54) is 4.90 Å². The molecule has 6 N–H and O–H groups in total. The van der Waals surface area contributed by atoms with Crippen LogP contribution in [0.25, 0.3) is 0 Å². The van der Waals surface area contributed by atoms with Crippen molar-refractivity contribution >= 4 is 29.7 Å². The van der Waals surface area contributed by atoms with E-state index in [2.05, 4.69) is 10.6 Å². The summed E-state index contributed by atoms with van der Waals surface area (Å²) in [6, 6.07) is -3.90. The molecule has 188 valence electrons. The Morgan fingerprint density at radius 1 is 1.03 bits per heavy atom. The van der Waals surface area contributed by atoms with Crippen LogP contribution in [-0.2, 0) is 24.0 Å². The van der Waals surface area contributed by atoms with Gasteiger partial charge in [0.25, 0.3) is 0 Å². The van der Waals surface area contributed by atoms with E-state index in [0.29, 0.717) is 25.8 Å². The second-order valence-corrected chi connectivity index (χ2v) is 8.80. The molecule has 11 heteroatoms. The van der Waals surface area contributed by atoms with Crippen LogP contribution < -0.4 is 16.4 Å². The van der Waals surface area contributed by atoms with Gasteiger partial charge in [-0.05, 0) is 31.1 Å². The van der Waals surface area contributed by atoms with Crippen molar-refractivity contribution in [2.24, 2.45) is 17.6 Å². The van der Waals surface area contributed by atoms with Crippen molar-refractivity contribution in [2.45, 2.75) is 90.4 Å². The topological polar surface area (TPSA) is 179 Å². The third kappa shape index (κ3) is 7.99.